The molecule has 0 aliphatic heterocycles. The van der Waals surface area contributed by atoms with Gasteiger partial charge in [0.1, 0.15) is 11.2 Å². The lowest BCUT2D eigenvalue weighted by molar-refractivity contribution is -0.145. The second-order valence-corrected chi connectivity index (χ2v) is 6.30. The Morgan fingerprint density at radius 1 is 1.44 bits per heavy atom. The molecule has 0 radical (unpaired) electrons. The fraction of sp³-hybridized carbons (Fsp3) is 0.700. The molecule has 2 atom stereocenters. The van der Waals surface area contributed by atoms with E-state index >= 15 is 0 Å². The molecule has 102 valence electrons. The van der Waals surface area contributed by atoms with Crippen LogP contribution < -0.4 is 0 Å². The number of ether oxygens (including phenoxy) is 1. The summed E-state index contributed by atoms with van der Waals surface area (Å²) in [6.07, 6.45) is 1.09. The zero-order valence-electron chi connectivity index (χ0n) is 10.7. The monoisotopic (exact) mass is 276 g/mol. The van der Waals surface area contributed by atoms with Gasteiger partial charge in [0.2, 0.25) is 5.89 Å². The maximum atomic E-state index is 11.5. The van der Waals surface area contributed by atoms with Crippen molar-refractivity contribution in [3.8, 4) is 0 Å². The first-order valence-electron chi connectivity index (χ1n) is 5.46. The molecule has 0 spiro atoms. The molecule has 0 saturated carbocycles. The summed E-state index contributed by atoms with van der Waals surface area (Å²) >= 11 is 0. The minimum Gasteiger partial charge on any atom is -0.465 e. The number of hydrogen-bond acceptors (Lipinski definition) is 7. The number of sulfone groups is 1. The van der Waals surface area contributed by atoms with Gasteiger partial charge in [-0.2, -0.15) is 4.98 Å². The summed E-state index contributed by atoms with van der Waals surface area (Å²) in [5.74, 6) is -1.10. The molecule has 2 unspecified atom stereocenters. The maximum Gasteiger partial charge on any atom is 0.318 e. The Morgan fingerprint density at radius 2 is 2.06 bits per heavy atom. The second kappa shape index (κ2) is 5.47. The van der Waals surface area contributed by atoms with Crippen molar-refractivity contribution in [2.75, 3.05) is 12.9 Å². The minimum absolute atomic E-state index is 0.0450. The van der Waals surface area contributed by atoms with Crippen molar-refractivity contribution in [3.05, 3.63) is 11.7 Å². The molecule has 0 fully saturated rings. The number of nitrogens with zero attached hydrogens (tertiary/aromatic N) is 2. The van der Waals surface area contributed by atoms with Crippen LogP contribution in [0, 0.1) is 0 Å². The second-order valence-electron chi connectivity index (χ2n) is 3.94. The van der Waals surface area contributed by atoms with E-state index < -0.39 is 27.0 Å². The van der Waals surface area contributed by atoms with Gasteiger partial charge < -0.3 is 9.26 Å². The van der Waals surface area contributed by atoms with Crippen molar-refractivity contribution in [2.24, 2.45) is 0 Å². The van der Waals surface area contributed by atoms with Crippen LogP contribution in [0.3, 0.4) is 0 Å². The Bertz CT molecular complexity index is 522. The topological polar surface area (TPSA) is 99.4 Å². The number of esters is 1. The number of rotatable bonds is 5. The van der Waals surface area contributed by atoms with Crippen LogP contribution in [-0.4, -0.2) is 37.4 Å². The molecule has 1 heterocycles. The third-order valence-corrected chi connectivity index (χ3v) is 3.97. The molecule has 0 aliphatic rings. The van der Waals surface area contributed by atoms with Gasteiger partial charge in [-0.1, -0.05) is 5.16 Å². The fourth-order valence-electron chi connectivity index (χ4n) is 1.15. The molecular weight excluding hydrogens is 260 g/mol. The number of carbonyl (C=O) groups excluding carboxylic acids is 1. The summed E-state index contributed by atoms with van der Waals surface area (Å²) in [7, 11) is -3.30. The van der Waals surface area contributed by atoms with E-state index in [-0.39, 0.29) is 18.3 Å². The van der Waals surface area contributed by atoms with Gasteiger partial charge in [0.25, 0.3) is 0 Å². The lowest BCUT2D eigenvalue weighted by Crippen LogP contribution is -2.14. The Hall–Kier alpha value is -1.44. The van der Waals surface area contributed by atoms with E-state index in [1.807, 2.05) is 0 Å². The molecule has 0 N–H and O–H groups in total. The molecule has 1 rings (SSSR count). The lowest BCUT2D eigenvalue weighted by Gasteiger charge is -2.05. The molecule has 0 aromatic carbocycles. The van der Waals surface area contributed by atoms with Crippen molar-refractivity contribution < 1.29 is 22.5 Å². The van der Waals surface area contributed by atoms with Crippen LogP contribution >= 0.6 is 0 Å². The number of carbonyl (C=O) groups is 1. The first-order valence-corrected chi connectivity index (χ1v) is 7.41. The van der Waals surface area contributed by atoms with Crippen LogP contribution in [-0.2, 0) is 19.4 Å². The normalized spacial score (nSPS) is 15.1. The highest BCUT2D eigenvalue weighted by molar-refractivity contribution is 7.90. The molecule has 7 nitrogen and oxygen atoms in total. The van der Waals surface area contributed by atoms with Crippen molar-refractivity contribution in [1.29, 1.82) is 0 Å². The van der Waals surface area contributed by atoms with E-state index in [0.29, 0.717) is 0 Å². The lowest BCUT2D eigenvalue weighted by atomic mass is 10.2. The highest BCUT2D eigenvalue weighted by Gasteiger charge is 2.27. The molecule has 8 heteroatoms. The highest BCUT2D eigenvalue weighted by Crippen LogP contribution is 2.21. The van der Waals surface area contributed by atoms with Gasteiger partial charge in [-0.3, -0.25) is 4.79 Å². The Balaban J connectivity index is 2.90. The van der Waals surface area contributed by atoms with Gasteiger partial charge in [0.15, 0.2) is 15.7 Å². The average Bonchev–Trinajstić information content (AvgIpc) is 2.75. The van der Waals surface area contributed by atoms with Crippen LogP contribution in [0.4, 0.5) is 0 Å². The van der Waals surface area contributed by atoms with E-state index in [9.17, 15) is 13.2 Å². The summed E-state index contributed by atoms with van der Waals surface area (Å²) < 4.78 is 32.4. The van der Waals surface area contributed by atoms with Crippen molar-refractivity contribution >= 4 is 15.8 Å². The molecule has 18 heavy (non-hydrogen) atoms. The maximum absolute atomic E-state index is 11.5. The molecule has 0 saturated heterocycles. The van der Waals surface area contributed by atoms with Crippen LogP contribution in [0.5, 0.6) is 0 Å². The van der Waals surface area contributed by atoms with Gasteiger partial charge in [-0.25, -0.2) is 8.42 Å². The van der Waals surface area contributed by atoms with E-state index in [4.69, 9.17) is 9.26 Å². The van der Waals surface area contributed by atoms with Gasteiger partial charge >= 0.3 is 5.97 Å². The van der Waals surface area contributed by atoms with Gasteiger partial charge in [0.05, 0.1) is 6.61 Å². The van der Waals surface area contributed by atoms with Gasteiger partial charge in [-0.05, 0) is 20.8 Å². The Kier molecular flexibility index (Phi) is 4.44. The summed E-state index contributed by atoms with van der Waals surface area (Å²) in [4.78, 5) is 15.4. The van der Waals surface area contributed by atoms with Crippen LogP contribution in [0.25, 0.3) is 0 Å². The van der Waals surface area contributed by atoms with E-state index in [1.165, 1.54) is 6.92 Å². The standard InChI is InChI=1S/C10H16N2O5S/c1-5-16-10(13)6(2)9-11-8(12-17-9)7(3)18(4,14)15/h6-7H,5H2,1-4H3. The Labute approximate surface area is 105 Å². The zero-order chi connectivity index (χ0) is 13.9. The fourth-order valence-corrected chi connectivity index (χ4v) is 1.63. The molecule has 0 bridgehead atoms. The predicted molar refractivity (Wildman–Crippen MR) is 62.6 cm³/mol. The summed E-state index contributed by atoms with van der Waals surface area (Å²) in [6, 6.07) is 0. The first kappa shape index (κ1) is 14.6. The van der Waals surface area contributed by atoms with Crippen LogP contribution in [0.2, 0.25) is 0 Å². The third-order valence-electron chi connectivity index (χ3n) is 2.47. The largest absolute Gasteiger partial charge is 0.465 e. The number of hydrogen-bond donors (Lipinski definition) is 0. The smallest absolute Gasteiger partial charge is 0.318 e. The van der Waals surface area contributed by atoms with Gasteiger partial charge in [0, 0.05) is 6.26 Å². The van der Waals surface area contributed by atoms with Crippen LogP contribution in [0.15, 0.2) is 4.52 Å². The SMILES string of the molecule is CCOC(=O)C(C)c1nc(C(C)S(C)(=O)=O)no1. The third kappa shape index (κ3) is 3.28. The predicted octanol–water partition coefficient (Wildman–Crippen LogP) is 0.842. The molecule has 0 amide bonds. The quantitative estimate of drug-likeness (QED) is 0.735. The van der Waals surface area contributed by atoms with Crippen molar-refractivity contribution in [2.45, 2.75) is 31.9 Å². The van der Waals surface area contributed by atoms with Crippen molar-refractivity contribution in [1.82, 2.24) is 10.1 Å². The molecule has 0 aliphatic carbocycles. The number of aromatic nitrogens is 2. The van der Waals surface area contributed by atoms with E-state index in [0.717, 1.165) is 6.26 Å². The highest BCUT2D eigenvalue weighted by atomic mass is 32.2. The minimum atomic E-state index is -3.30. The van der Waals surface area contributed by atoms with Crippen molar-refractivity contribution in [3.63, 3.8) is 0 Å². The summed E-state index contributed by atoms with van der Waals surface area (Å²) in [5, 5.41) is 2.70. The van der Waals surface area contributed by atoms with E-state index in [1.54, 1.807) is 13.8 Å². The van der Waals surface area contributed by atoms with E-state index in [2.05, 4.69) is 10.1 Å². The summed E-state index contributed by atoms with van der Waals surface area (Å²) in [6.45, 7) is 4.96. The molecule has 1 aromatic heterocycles. The summed E-state index contributed by atoms with van der Waals surface area (Å²) in [5.41, 5.74) is 0. The zero-order valence-corrected chi connectivity index (χ0v) is 11.5. The van der Waals surface area contributed by atoms with Crippen LogP contribution in [0.1, 0.15) is 43.7 Å². The molecule has 1 aromatic rings. The van der Waals surface area contributed by atoms with Gasteiger partial charge in [-0.15, -0.1) is 0 Å². The Morgan fingerprint density at radius 3 is 2.56 bits per heavy atom. The first-order chi connectivity index (χ1) is 8.27. The average molecular weight is 276 g/mol. The molecular formula is C10H16N2O5S.